The summed E-state index contributed by atoms with van der Waals surface area (Å²) in [5, 5.41) is 0.0466. The number of pyridine rings is 1. The van der Waals surface area contributed by atoms with Crippen LogP contribution < -0.4 is 4.72 Å². The SMILES string of the molecule is O=S(=O)(Nc1ccc(F)cc1I)c1cnc(Cl)c(Cl)c1. The molecular formula is C11H6Cl2FIN2O2S. The van der Waals surface area contributed by atoms with Crippen molar-refractivity contribution in [2.24, 2.45) is 0 Å². The predicted molar refractivity (Wildman–Crippen MR) is 84.2 cm³/mol. The lowest BCUT2D eigenvalue weighted by Gasteiger charge is -2.10. The molecule has 1 heterocycles. The van der Waals surface area contributed by atoms with Crippen molar-refractivity contribution in [3.05, 3.63) is 50.0 Å². The molecule has 0 saturated carbocycles. The third kappa shape index (κ3) is 3.51. The third-order valence-corrected chi connectivity index (χ3v) is 5.17. The van der Waals surface area contributed by atoms with Crippen molar-refractivity contribution in [3.8, 4) is 0 Å². The highest BCUT2D eigenvalue weighted by Gasteiger charge is 2.17. The van der Waals surface area contributed by atoms with Crippen LogP contribution in [0.3, 0.4) is 0 Å². The lowest BCUT2D eigenvalue weighted by molar-refractivity contribution is 0.600. The van der Waals surface area contributed by atoms with E-state index in [4.69, 9.17) is 23.2 Å². The van der Waals surface area contributed by atoms with Crippen LogP contribution in [0, 0.1) is 9.39 Å². The molecule has 0 spiro atoms. The van der Waals surface area contributed by atoms with E-state index < -0.39 is 15.8 Å². The average Bonchev–Trinajstić information content (AvgIpc) is 2.36. The lowest BCUT2D eigenvalue weighted by atomic mass is 10.3. The smallest absolute Gasteiger partial charge is 0.263 e. The molecule has 0 unspecified atom stereocenters. The molecule has 0 aliphatic carbocycles. The monoisotopic (exact) mass is 446 g/mol. The zero-order valence-corrected chi connectivity index (χ0v) is 14.1. The minimum Gasteiger partial charge on any atom is -0.279 e. The number of rotatable bonds is 3. The van der Waals surface area contributed by atoms with Crippen molar-refractivity contribution < 1.29 is 12.8 Å². The standard InChI is InChI=1S/C11H6Cl2FIN2O2S/c12-8-4-7(5-16-11(8)13)20(18,19)17-10-2-1-6(14)3-9(10)15/h1-5,17H. The fourth-order valence-electron chi connectivity index (χ4n) is 1.33. The highest BCUT2D eigenvalue weighted by Crippen LogP contribution is 2.25. The van der Waals surface area contributed by atoms with Gasteiger partial charge in [-0.25, -0.2) is 17.8 Å². The average molecular weight is 447 g/mol. The number of hydrogen-bond acceptors (Lipinski definition) is 3. The molecule has 1 aromatic carbocycles. The van der Waals surface area contributed by atoms with Gasteiger partial charge in [0.1, 0.15) is 15.9 Å². The van der Waals surface area contributed by atoms with Gasteiger partial charge in [0.05, 0.1) is 10.7 Å². The first-order chi connectivity index (χ1) is 9.29. The predicted octanol–water partition coefficient (Wildman–Crippen LogP) is 3.93. The summed E-state index contributed by atoms with van der Waals surface area (Å²) in [4.78, 5) is 3.54. The van der Waals surface area contributed by atoms with Crippen LogP contribution in [0.5, 0.6) is 0 Å². The van der Waals surface area contributed by atoms with Gasteiger partial charge in [0.25, 0.3) is 10.0 Å². The zero-order valence-electron chi connectivity index (χ0n) is 9.57. The van der Waals surface area contributed by atoms with E-state index >= 15 is 0 Å². The Hall–Kier alpha value is -0.640. The van der Waals surface area contributed by atoms with Gasteiger partial charge < -0.3 is 0 Å². The minimum absolute atomic E-state index is 0.0157. The van der Waals surface area contributed by atoms with Crippen molar-refractivity contribution >= 4 is 61.5 Å². The number of hydrogen-bond donors (Lipinski definition) is 1. The molecule has 106 valence electrons. The molecule has 0 aliphatic heterocycles. The summed E-state index contributed by atoms with van der Waals surface area (Å²) in [5.41, 5.74) is 0.262. The first-order valence-electron chi connectivity index (χ1n) is 5.08. The Kier molecular flexibility index (Phi) is 4.73. The van der Waals surface area contributed by atoms with Gasteiger partial charge in [-0.2, -0.15) is 0 Å². The van der Waals surface area contributed by atoms with E-state index in [-0.39, 0.29) is 20.8 Å². The molecule has 0 amide bonds. The Balaban J connectivity index is 2.38. The Morgan fingerprint density at radius 1 is 1.25 bits per heavy atom. The number of nitrogens with one attached hydrogen (secondary N) is 1. The molecule has 9 heteroatoms. The van der Waals surface area contributed by atoms with Crippen molar-refractivity contribution in [2.75, 3.05) is 4.72 Å². The first-order valence-corrected chi connectivity index (χ1v) is 8.40. The van der Waals surface area contributed by atoms with E-state index in [0.717, 1.165) is 12.3 Å². The van der Waals surface area contributed by atoms with Gasteiger partial charge in [-0.15, -0.1) is 0 Å². The molecule has 0 saturated heterocycles. The summed E-state index contributed by atoms with van der Waals surface area (Å²) in [5.74, 6) is -0.450. The summed E-state index contributed by atoms with van der Waals surface area (Å²) in [6.45, 7) is 0. The fourth-order valence-corrected chi connectivity index (χ4v) is 3.51. The van der Waals surface area contributed by atoms with Crippen molar-refractivity contribution in [3.63, 3.8) is 0 Å². The van der Waals surface area contributed by atoms with Gasteiger partial charge in [-0.3, -0.25) is 4.72 Å². The van der Waals surface area contributed by atoms with Gasteiger partial charge in [0, 0.05) is 9.77 Å². The Morgan fingerprint density at radius 2 is 1.95 bits per heavy atom. The number of nitrogens with zero attached hydrogens (tertiary/aromatic N) is 1. The molecule has 0 radical (unpaired) electrons. The van der Waals surface area contributed by atoms with Crippen LogP contribution in [-0.4, -0.2) is 13.4 Å². The highest BCUT2D eigenvalue weighted by molar-refractivity contribution is 14.1. The molecule has 1 aromatic heterocycles. The largest absolute Gasteiger partial charge is 0.279 e. The minimum atomic E-state index is -3.87. The van der Waals surface area contributed by atoms with E-state index in [9.17, 15) is 12.8 Å². The van der Waals surface area contributed by atoms with E-state index in [1.165, 1.54) is 18.2 Å². The normalized spacial score (nSPS) is 11.4. The highest BCUT2D eigenvalue weighted by atomic mass is 127. The molecule has 2 aromatic rings. The molecule has 20 heavy (non-hydrogen) atoms. The topological polar surface area (TPSA) is 59.1 Å². The van der Waals surface area contributed by atoms with Crippen LogP contribution in [0.4, 0.5) is 10.1 Å². The maximum absolute atomic E-state index is 13.0. The van der Waals surface area contributed by atoms with E-state index in [1.807, 2.05) is 22.6 Å². The lowest BCUT2D eigenvalue weighted by Crippen LogP contribution is -2.14. The number of sulfonamides is 1. The summed E-state index contributed by atoms with van der Waals surface area (Å²) in [7, 11) is -3.87. The summed E-state index contributed by atoms with van der Waals surface area (Å²) in [6, 6.07) is 4.90. The second-order valence-electron chi connectivity index (χ2n) is 3.67. The molecule has 0 atom stereocenters. The molecule has 1 N–H and O–H groups in total. The van der Waals surface area contributed by atoms with Crippen LogP contribution in [0.25, 0.3) is 0 Å². The molecule has 2 rings (SSSR count). The van der Waals surface area contributed by atoms with Gasteiger partial charge >= 0.3 is 0 Å². The third-order valence-electron chi connectivity index (χ3n) is 2.26. The molecule has 0 aliphatic rings. The maximum atomic E-state index is 13.0. The molecule has 0 bridgehead atoms. The van der Waals surface area contributed by atoms with Crippen molar-refractivity contribution in [1.29, 1.82) is 0 Å². The maximum Gasteiger partial charge on any atom is 0.263 e. The molecule has 0 fully saturated rings. The second-order valence-corrected chi connectivity index (χ2v) is 7.28. The van der Waals surface area contributed by atoms with Gasteiger partial charge in [0.2, 0.25) is 0 Å². The summed E-state index contributed by atoms with van der Waals surface area (Å²) < 4.78 is 40.0. The quantitative estimate of drug-likeness (QED) is 0.574. The Morgan fingerprint density at radius 3 is 2.55 bits per heavy atom. The first kappa shape index (κ1) is 15.7. The Labute approximate surface area is 138 Å². The van der Waals surface area contributed by atoms with E-state index in [1.54, 1.807) is 0 Å². The summed E-state index contributed by atoms with van der Waals surface area (Å²) >= 11 is 13.2. The van der Waals surface area contributed by atoms with E-state index in [2.05, 4.69) is 9.71 Å². The summed E-state index contributed by atoms with van der Waals surface area (Å²) in [6.07, 6.45) is 1.09. The van der Waals surface area contributed by atoms with Gasteiger partial charge in [-0.05, 0) is 46.9 Å². The number of halogens is 4. The zero-order chi connectivity index (χ0) is 14.9. The number of benzene rings is 1. The van der Waals surface area contributed by atoms with Crippen LogP contribution in [0.15, 0.2) is 35.4 Å². The number of anilines is 1. The van der Waals surface area contributed by atoms with E-state index in [0.29, 0.717) is 3.57 Å². The van der Waals surface area contributed by atoms with Crippen LogP contribution >= 0.6 is 45.8 Å². The van der Waals surface area contributed by atoms with Crippen LogP contribution in [0.1, 0.15) is 0 Å². The molecular weight excluding hydrogens is 441 g/mol. The van der Waals surface area contributed by atoms with Crippen molar-refractivity contribution in [1.82, 2.24) is 4.98 Å². The second kappa shape index (κ2) is 6.00. The molecule has 4 nitrogen and oxygen atoms in total. The van der Waals surface area contributed by atoms with Gasteiger partial charge in [0.15, 0.2) is 0 Å². The van der Waals surface area contributed by atoms with Crippen molar-refractivity contribution in [2.45, 2.75) is 4.90 Å². The van der Waals surface area contributed by atoms with Gasteiger partial charge in [-0.1, -0.05) is 23.2 Å². The van der Waals surface area contributed by atoms with Crippen LogP contribution in [0.2, 0.25) is 10.2 Å². The van der Waals surface area contributed by atoms with Crippen LogP contribution in [-0.2, 0) is 10.0 Å². The fraction of sp³-hybridized carbons (Fsp3) is 0. The Bertz CT molecular complexity index is 771. The number of aromatic nitrogens is 1.